The van der Waals surface area contributed by atoms with E-state index < -0.39 is 11.8 Å². The Hall–Kier alpha value is -2.25. The molecule has 0 amide bonds. The molecule has 28 heavy (non-hydrogen) atoms. The third-order valence-electron chi connectivity index (χ3n) is 4.35. The number of carboxylic acid groups (broad SMARTS) is 1. The number of carboxylic acids is 1. The Kier molecular flexibility index (Phi) is 8.60. The first kappa shape index (κ1) is 22.0. The molecule has 0 atom stereocenters. The Bertz CT molecular complexity index is 793. The van der Waals surface area contributed by atoms with Crippen molar-refractivity contribution >= 4 is 23.6 Å². The molecule has 2 rings (SSSR count). The molecule has 0 spiro atoms. The van der Waals surface area contributed by atoms with Gasteiger partial charge in [-0.15, -0.1) is 0 Å². The fraction of sp³-hybridized carbons (Fsp3) is 0.381. The number of hydrogen-bond donors (Lipinski definition) is 2. The van der Waals surface area contributed by atoms with Crippen molar-refractivity contribution in [2.24, 2.45) is 5.14 Å². The number of aromatic carboxylic acids is 1. The van der Waals surface area contributed by atoms with Gasteiger partial charge in [-0.1, -0.05) is 32.8 Å². The highest BCUT2D eigenvalue weighted by molar-refractivity contribution is 7.97. The first-order valence-corrected chi connectivity index (χ1v) is 10.3. The van der Waals surface area contributed by atoms with Crippen LogP contribution in [0.25, 0.3) is 0 Å². The SMILES string of the molecule is CCCCN(CCCC)c1cc(Oc2cccc(F)c2)c(SN)cc1C(=O)O. The van der Waals surface area contributed by atoms with E-state index in [4.69, 9.17) is 9.88 Å². The van der Waals surface area contributed by atoms with Crippen LogP contribution in [0.3, 0.4) is 0 Å². The minimum Gasteiger partial charge on any atom is -0.478 e. The topological polar surface area (TPSA) is 75.8 Å². The first-order chi connectivity index (χ1) is 13.5. The molecule has 0 heterocycles. The fourth-order valence-corrected chi connectivity index (χ4v) is 3.26. The number of benzene rings is 2. The molecule has 2 aromatic carbocycles. The molecule has 0 saturated carbocycles. The lowest BCUT2D eigenvalue weighted by Gasteiger charge is -2.27. The quantitative estimate of drug-likeness (QED) is 0.467. The van der Waals surface area contributed by atoms with E-state index in [1.54, 1.807) is 18.2 Å². The van der Waals surface area contributed by atoms with Crippen LogP contribution >= 0.6 is 11.9 Å². The lowest BCUT2D eigenvalue weighted by Crippen LogP contribution is -2.27. The van der Waals surface area contributed by atoms with Crippen molar-refractivity contribution in [2.75, 3.05) is 18.0 Å². The van der Waals surface area contributed by atoms with Crippen molar-refractivity contribution in [2.45, 2.75) is 44.4 Å². The highest BCUT2D eigenvalue weighted by atomic mass is 32.2. The number of hydrogen-bond acceptors (Lipinski definition) is 5. The van der Waals surface area contributed by atoms with Gasteiger partial charge in [0.2, 0.25) is 0 Å². The van der Waals surface area contributed by atoms with Crippen molar-refractivity contribution in [3.05, 3.63) is 47.8 Å². The van der Waals surface area contributed by atoms with Crippen LogP contribution in [0.4, 0.5) is 10.1 Å². The van der Waals surface area contributed by atoms with Crippen LogP contribution in [0.5, 0.6) is 11.5 Å². The average Bonchev–Trinajstić information content (AvgIpc) is 2.68. The second kappa shape index (κ2) is 10.9. The number of rotatable bonds is 11. The normalized spacial score (nSPS) is 10.7. The third kappa shape index (κ3) is 5.87. The van der Waals surface area contributed by atoms with Crippen LogP contribution in [0, 0.1) is 5.82 Å². The minimum atomic E-state index is -1.01. The van der Waals surface area contributed by atoms with E-state index in [-0.39, 0.29) is 5.56 Å². The zero-order valence-corrected chi connectivity index (χ0v) is 17.1. The molecule has 7 heteroatoms. The smallest absolute Gasteiger partial charge is 0.337 e. The van der Waals surface area contributed by atoms with Gasteiger partial charge >= 0.3 is 5.97 Å². The summed E-state index contributed by atoms with van der Waals surface area (Å²) in [6.45, 7) is 5.71. The van der Waals surface area contributed by atoms with Gasteiger partial charge in [0.05, 0.1) is 16.1 Å². The number of ether oxygens (including phenoxy) is 1. The molecule has 0 aliphatic heterocycles. The molecular formula is C21H27FN2O3S. The van der Waals surface area contributed by atoms with Crippen molar-refractivity contribution in [1.29, 1.82) is 0 Å². The van der Waals surface area contributed by atoms with Gasteiger partial charge in [0, 0.05) is 25.2 Å². The molecule has 0 aliphatic rings. The lowest BCUT2D eigenvalue weighted by atomic mass is 10.1. The zero-order chi connectivity index (χ0) is 20.5. The predicted octanol–water partition coefficient (Wildman–Crippen LogP) is 5.69. The van der Waals surface area contributed by atoms with E-state index in [2.05, 4.69) is 18.7 Å². The molecule has 2 aromatic rings. The Labute approximate surface area is 169 Å². The Balaban J connectivity index is 2.49. The molecular weight excluding hydrogens is 379 g/mol. The summed E-state index contributed by atoms with van der Waals surface area (Å²) in [5, 5.41) is 15.5. The third-order valence-corrected chi connectivity index (χ3v) is 4.92. The lowest BCUT2D eigenvalue weighted by molar-refractivity contribution is 0.0697. The standard InChI is InChI=1S/C21H27FN2O3S/c1-3-5-10-24(11-6-4-2)18-14-19(20(28-23)13-17(18)21(25)26)27-16-9-7-8-15(22)12-16/h7-9,12-14H,3-6,10-11,23H2,1-2H3,(H,25,26). The van der Waals surface area contributed by atoms with Gasteiger partial charge in [0.1, 0.15) is 17.3 Å². The van der Waals surface area contributed by atoms with Crippen LogP contribution < -0.4 is 14.8 Å². The van der Waals surface area contributed by atoms with Gasteiger partial charge in [0.15, 0.2) is 0 Å². The van der Waals surface area contributed by atoms with E-state index in [0.717, 1.165) is 50.7 Å². The van der Waals surface area contributed by atoms with Crippen LogP contribution in [0.15, 0.2) is 41.3 Å². The molecule has 3 N–H and O–H groups in total. The molecule has 0 fully saturated rings. The predicted molar refractivity (Wildman–Crippen MR) is 112 cm³/mol. The highest BCUT2D eigenvalue weighted by Crippen LogP contribution is 2.37. The molecule has 0 bridgehead atoms. The van der Waals surface area contributed by atoms with E-state index in [1.165, 1.54) is 18.2 Å². The maximum atomic E-state index is 13.5. The van der Waals surface area contributed by atoms with Gasteiger partial charge in [-0.2, -0.15) is 0 Å². The van der Waals surface area contributed by atoms with E-state index in [9.17, 15) is 14.3 Å². The number of nitrogens with zero attached hydrogens (tertiary/aromatic N) is 1. The largest absolute Gasteiger partial charge is 0.478 e. The van der Waals surface area contributed by atoms with Crippen LogP contribution in [-0.2, 0) is 0 Å². The summed E-state index contributed by atoms with van der Waals surface area (Å²) in [4.78, 5) is 14.5. The van der Waals surface area contributed by atoms with Crippen molar-refractivity contribution in [3.63, 3.8) is 0 Å². The number of nitrogens with two attached hydrogens (primary N) is 1. The monoisotopic (exact) mass is 406 g/mol. The second-order valence-corrected chi connectivity index (χ2v) is 7.17. The number of unbranched alkanes of at least 4 members (excludes halogenated alkanes) is 2. The van der Waals surface area contributed by atoms with Crippen LogP contribution in [0.1, 0.15) is 49.9 Å². The summed E-state index contributed by atoms with van der Waals surface area (Å²) in [5.74, 6) is -0.677. The summed E-state index contributed by atoms with van der Waals surface area (Å²) < 4.78 is 19.4. The second-order valence-electron chi connectivity index (χ2n) is 6.49. The first-order valence-electron chi connectivity index (χ1n) is 9.46. The molecule has 0 aromatic heterocycles. The van der Waals surface area contributed by atoms with Crippen molar-refractivity contribution in [1.82, 2.24) is 0 Å². The molecule has 0 aliphatic carbocycles. The van der Waals surface area contributed by atoms with Crippen LogP contribution in [-0.4, -0.2) is 24.2 Å². The molecule has 0 unspecified atom stereocenters. The van der Waals surface area contributed by atoms with Gasteiger partial charge in [0.25, 0.3) is 0 Å². The van der Waals surface area contributed by atoms with Crippen LogP contribution in [0.2, 0.25) is 0 Å². The maximum Gasteiger partial charge on any atom is 0.337 e. The number of halogens is 1. The number of anilines is 1. The molecule has 152 valence electrons. The van der Waals surface area contributed by atoms with Gasteiger partial charge in [-0.25, -0.2) is 9.18 Å². The Morgan fingerprint density at radius 1 is 1.18 bits per heavy atom. The van der Waals surface area contributed by atoms with Gasteiger partial charge in [-0.3, -0.25) is 5.14 Å². The van der Waals surface area contributed by atoms with Gasteiger partial charge < -0.3 is 14.7 Å². The molecule has 5 nitrogen and oxygen atoms in total. The van der Waals surface area contributed by atoms with E-state index in [1.807, 2.05) is 0 Å². The average molecular weight is 407 g/mol. The maximum absolute atomic E-state index is 13.5. The fourth-order valence-electron chi connectivity index (χ4n) is 2.86. The minimum absolute atomic E-state index is 0.187. The summed E-state index contributed by atoms with van der Waals surface area (Å²) in [5.41, 5.74) is 0.783. The summed E-state index contributed by atoms with van der Waals surface area (Å²) in [7, 11) is 0. The van der Waals surface area contributed by atoms with Crippen molar-refractivity contribution in [3.8, 4) is 11.5 Å². The zero-order valence-electron chi connectivity index (χ0n) is 16.3. The highest BCUT2D eigenvalue weighted by Gasteiger charge is 2.20. The Morgan fingerprint density at radius 2 is 1.86 bits per heavy atom. The molecule has 0 radical (unpaired) electrons. The Morgan fingerprint density at radius 3 is 2.39 bits per heavy atom. The number of carbonyl (C=O) groups is 1. The van der Waals surface area contributed by atoms with Gasteiger partial charge in [-0.05, 0) is 43.0 Å². The van der Waals surface area contributed by atoms with Crippen molar-refractivity contribution < 1.29 is 19.0 Å². The summed E-state index contributed by atoms with van der Waals surface area (Å²) in [6.07, 6.45) is 3.93. The summed E-state index contributed by atoms with van der Waals surface area (Å²) >= 11 is 0.906. The summed E-state index contributed by atoms with van der Waals surface area (Å²) in [6, 6.07) is 9.05. The van der Waals surface area contributed by atoms with E-state index >= 15 is 0 Å². The molecule has 0 saturated heterocycles. The van der Waals surface area contributed by atoms with E-state index in [0.29, 0.717) is 22.1 Å².